The number of nitrogens with zero attached hydrogens (tertiary/aromatic N) is 1. The van der Waals surface area contributed by atoms with Gasteiger partial charge in [-0.2, -0.15) is 13.2 Å². The number of carbonyl (C=O) groups is 1. The summed E-state index contributed by atoms with van der Waals surface area (Å²) in [5.74, 6) is -0.454. The minimum atomic E-state index is -4.19. The summed E-state index contributed by atoms with van der Waals surface area (Å²) in [7, 11) is 0. The summed E-state index contributed by atoms with van der Waals surface area (Å²) >= 11 is 5.68. The maximum Gasteiger partial charge on any atom is 0.389 e. The molecule has 3 nitrogen and oxygen atoms in total. The molecule has 0 aromatic carbocycles. The average molecular weight is 281 g/mol. The van der Waals surface area contributed by atoms with Gasteiger partial charge in [0.1, 0.15) is 5.15 Å². The third-order valence-corrected chi connectivity index (χ3v) is 2.30. The van der Waals surface area contributed by atoms with E-state index in [1.165, 1.54) is 12.1 Å². The van der Waals surface area contributed by atoms with Crippen LogP contribution in [-0.2, 0) is 0 Å². The summed E-state index contributed by atoms with van der Waals surface area (Å²) in [5.41, 5.74) is 0.863. The van der Waals surface area contributed by atoms with Crippen molar-refractivity contribution in [1.82, 2.24) is 10.3 Å². The van der Waals surface area contributed by atoms with Crippen molar-refractivity contribution < 1.29 is 18.0 Å². The van der Waals surface area contributed by atoms with Crippen LogP contribution in [0.15, 0.2) is 12.1 Å². The highest BCUT2D eigenvalue weighted by atomic mass is 35.5. The lowest BCUT2D eigenvalue weighted by Gasteiger charge is -2.08. The van der Waals surface area contributed by atoms with E-state index in [0.29, 0.717) is 11.3 Å². The molecular weight excluding hydrogens is 269 g/mol. The Morgan fingerprint density at radius 2 is 2.11 bits per heavy atom. The van der Waals surface area contributed by atoms with Crippen LogP contribution < -0.4 is 5.32 Å². The predicted octanol–water partition coefficient (Wildman–Crippen LogP) is 3.12. The number of halogens is 4. The summed E-state index contributed by atoms with van der Waals surface area (Å²) in [5, 5.41) is 2.58. The molecule has 0 fully saturated rings. The standard InChI is InChI=1S/C11H12ClF3N2O/c1-7-5-8(6-9(12)17-7)10(18)16-4-2-3-11(13,14)15/h5-6H,2-4H2,1H3,(H,16,18). The molecule has 18 heavy (non-hydrogen) atoms. The molecule has 0 saturated carbocycles. The van der Waals surface area contributed by atoms with E-state index in [1.807, 2.05) is 0 Å². The molecule has 0 bridgehead atoms. The van der Waals surface area contributed by atoms with E-state index in [4.69, 9.17) is 11.6 Å². The van der Waals surface area contributed by atoms with Crippen molar-refractivity contribution in [3.05, 3.63) is 28.5 Å². The molecule has 7 heteroatoms. The Balaban J connectivity index is 2.46. The minimum Gasteiger partial charge on any atom is -0.352 e. The van der Waals surface area contributed by atoms with Gasteiger partial charge in [-0.25, -0.2) is 4.98 Å². The molecule has 0 atom stereocenters. The topological polar surface area (TPSA) is 42.0 Å². The number of hydrogen-bond donors (Lipinski definition) is 1. The van der Waals surface area contributed by atoms with Gasteiger partial charge in [-0.05, 0) is 25.5 Å². The van der Waals surface area contributed by atoms with Crippen LogP contribution in [0.3, 0.4) is 0 Å². The second-order valence-electron chi connectivity index (χ2n) is 3.79. The Bertz CT molecular complexity index is 415. The SMILES string of the molecule is Cc1cc(C(=O)NCCCC(F)(F)F)cc(Cl)n1. The maximum absolute atomic E-state index is 11.9. The van der Waals surface area contributed by atoms with Crippen molar-refractivity contribution in [2.24, 2.45) is 0 Å². The molecule has 100 valence electrons. The monoisotopic (exact) mass is 280 g/mol. The first-order chi connectivity index (χ1) is 8.28. The maximum atomic E-state index is 11.9. The summed E-state index contributed by atoms with van der Waals surface area (Å²) in [6.45, 7) is 1.64. The Labute approximate surface area is 107 Å². The van der Waals surface area contributed by atoms with Crippen molar-refractivity contribution in [3.8, 4) is 0 Å². The molecule has 0 spiro atoms. The number of amides is 1. The van der Waals surface area contributed by atoms with Gasteiger partial charge in [0.05, 0.1) is 0 Å². The van der Waals surface area contributed by atoms with Gasteiger partial charge in [-0.15, -0.1) is 0 Å². The molecule has 0 aliphatic rings. The van der Waals surface area contributed by atoms with Crippen molar-refractivity contribution in [2.45, 2.75) is 25.9 Å². The molecule has 0 unspecified atom stereocenters. The number of nitrogens with one attached hydrogen (secondary N) is 1. The van der Waals surface area contributed by atoms with Crippen molar-refractivity contribution in [3.63, 3.8) is 0 Å². The van der Waals surface area contributed by atoms with Crippen LogP contribution in [0.2, 0.25) is 5.15 Å². The number of alkyl halides is 3. The smallest absolute Gasteiger partial charge is 0.352 e. The van der Waals surface area contributed by atoms with Crippen LogP contribution in [0.25, 0.3) is 0 Å². The third kappa shape index (κ3) is 5.35. The van der Waals surface area contributed by atoms with Crippen LogP contribution >= 0.6 is 11.6 Å². The Morgan fingerprint density at radius 3 is 2.67 bits per heavy atom. The summed E-state index contributed by atoms with van der Waals surface area (Å²) in [4.78, 5) is 15.5. The van der Waals surface area contributed by atoms with E-state index >= 15 is 0 Å². The van der Waals surface area contributed by atoms with E-state index in [1.54, 1.807) is 6.92 Å². The predicted molar refractivity (Wildman–Crippen MR) is 61.6 cm³/mol. The van der Waals surface area contributed by atoms with Crippen LogP contribution in [0.1, 0.15) is 28.9 Å². The van der Waals surface area contributed by atoms with E-state index in [2.05, 4.69) is 10.3 Å². The van der Waals surface area contributed by atoms with Crippen molar-refractivity contribution in [1.29, 1.82) is 0 Å². The van der Waals surface area contributed by atoms with Gasteiger partial charge in [0.15, 0.2) is 0 Å². The fourth-order valence-electron chi connectivity index (χ4n) is 1.35. The summed E-state index contributed by atoms with van der Waals surface area (Å²) in [6.07, 6.45) is -5.25. The molecule has 0 aliphatic heterocycles. The largest absolute Gasteiger partial charge is 0.389 e. The molecule has 1 N–H and O–H groups in total. The Hall–Kier alpha value is -1.30. The number of carbonyl (C=O) groups excluding carboxylic acids is 1. The number of aromatic nitrogens is 1. The van der Waals surface area contributed by atoms with Crippen molar-refractivity contribution >= 4 is 17.5 Å². The number of rotatable bonds is 4. The van der Waals surface area contributed by atoms with E-state index in [9.17, 15) is 18.0 Å². The van der Waals surface area contributed by atoms with Crippen LogP contribution in [0, 0.1) is 6.92 Å². The van der Waals surface area contributed by atoms with Gasteiger partial charge in [0, 0.05) is 24.2 Å². The summed E-state index contributed by atoms with van der Waals surface area (Å²) < 4.78 is 35.6. The van der Waals surface area contributed by atoms with Gasteiger partial charge in [0.25, 0.3) is 5.91 Å². The van der Waals surface area contributed by atoms with Crippen LogP contribution in [0.5, 0.6) is 0 Å². The average Bonchev–Trinajstić information content (AvgIpc) is 2.21. The minimum absolute atomic E-state index is 0.0304. The molecule has 0 saturated heterocycles. The lowest BCUT2D eigenvalue weighted by molar-refractivity contribution is -0.135. The Morgan fingerprint density at radius 1 is 1.44 bits per heavy atom. The first-order valence-corrected chi connectivity index (χ1v) is 5.65. The van der Waals surface area contributed by atoms with Crippen LogP contribution in [-0.4, -0.2) is 23.6 Å². The first-order valence-electron chi connectivity index (χ1n) is 5.27. The molecule has 0 radical (unpaired) electrons. The molecule has 1 heterocycles. The Kier molecular flexibility index (Phi) is 4.95. The molecule has 0 aliphatic carbocycles. The fraction of sp³-hybridized carbons (Fsp3) is 0.455. The number of pyridine rings is 1. The molecule has 1 aromatic heterocycles. The molecule has 1 amide bonds. The van der Waals surface area contributed by atoms with Gasteiger partial charge in [-0.3, -0.25) is 4.79 Å². The quantitative estimate of drug-likeness (QED) is 0.680. The van der Waals surface area contributed by atoms with Crippen molar-refractivity contribution in [2.75, 3.05) is 6.54 Å². The molecule has 1 aromatic rings. The lowest BCUT2D eigenvalue weighted by Crippen LogP contribution is -2.25. The van der Waals surface area contributed by atoms with Gasteiger partial charge < -0.3 is 5.32 Å². The second kappa shape index (κ2) is 6.04. The normalized spacial score (nSPS) is 11.4. The fourth-order valence-corrected chi connectivity index (χ4v) is 1.60. The highest BCUT2D eigenvalue weighted by molar-refractivity contribution is 6.29. The molecular formula is C11H12ClF3N2O. The second-order valence-corrected chi connectivity index (χ2v) is 4.18. The zero-order valence-corrected chi connectivity index (χ0v) is 10.4. The van der Waals surface area contributed by atoms with Gasteiger partial charge >= 0.3 is 6.18 Å². The number of hydrogen-bond acceptors (Lipinski definition) is 2. The zero-order valence-electron chi connectivity index (χ0n) is 9.64. The lowest BCUT2D eigenvalue weighted by atomic mass is 10.2. The highest BCUT2D eigenvalue weighted by Crippen LogP contribution is 2.20. The molecule has 1 rings (SSSR count). The highest BCUT2D eigenvalue weighted by Gasteiger charge is 2.26. The zero-order chi connectivity index (χ0) is 13.8. The van der Waals surface area contributed by atoms with Crippen LogP contribution in [0.4, 0.5) is 13.2 Å². The van der Waals surface area contributed by atoms with E-state index in [0.717, 1.165) is 0 Å². The van der Waals surface area contributed by atoms with Gasteiger partial charge in [0.2, 0.25) is 0 Å². The summed E-state index contributed by atoms with van der Waals surface area (Å²) in [6, 6.07) is 2.89. The van der Waals surface area contributed by atoms with E-state index < -0.39 is 18.5 Å². The first kappa shape index (κ1) is 14.8. The number of aryl methyl sites for hydroxylation is 1. The third-order valence-electron chi connectivity index (χ3n) is 2.11. The van der Waals surface area contributed by atoms with Gasteiger partial charge in [-0.1, -0.05) is 11.6 Å². The van der Waals surface area contributed by atoms with E-state index in [-0.39, 0.29) is 18.1 Å².